The van der Waals surface area contributed by atoms with Gasteiger partial charge < -0.3 is 4.90 Å². The smallest absolute Gasteiger partial charge is 0.138 e. The van der Waals surface area contributed by atoms with Gasteiger partial charge in [-0.15, -0.1) is 0 Å². The molecule has 0 saturated heterocycles. The van der Waals surface area contributed by atoms with Crippen molar-refractivity contribution < 1.29 is 8.78 Å². The van der Waals surface area contributed by atoms with Crippen LogP contribution in [0.1, 0.15) is 48.8 Å². The Morgan fingerprint density at radius 1 is 0.963 bits per heavy atom. The van der Waals surface area contributed by atoms with Gasteiger partial charge in [-0.25, -0.2) is 8.78 Å². The van der Waals surface area contributed by atoms with Crippen molar-refractivity contribution in [2.45, 2.75) is 63.3 Å². The first kappa shape index (κ1) is 20.0. The van der Waals surface area contributed by atoms with E-state index in [4.69, 9.17) is 0 Å². The van der Waals surface area contributed by atoms with Crippen molar-refractivity contribution >= 4 is 0 Å². The van der Waals surface area contributed by atoms with Crippen molar-refractivity contribution in [2.75, 3.05) is 13.6 Å². The maximum Gasteiger partial charge on any atom is 0.138 e. The number of halogens is 2. The molecule has 2 aromatic rings. The SMILES string of the molecule is CCC(CCc1ccc(C2CC(F)C2F)cc1)N(C)CCc1ccccc1. The molecule has 3 heteroatoms. The second kappa shape index (κ2) is 9.45. The Morgan fingerprint density at radius 2 is 1.63 bits per heavy atom. The number of rotatable bonds is 9. The Kier molecular flexibility index (Phi) is 7.01. The summed E-state index contributed by atoms with van der Waals surface area (Å²) in [6.45, 7) is 3.31. The van der Waals surface area contributed by atoms with Gasteiger partial charge in [0, 0.05) is 18.5 Å². The zero-order valence-electron chi connectivity index (χ0n) is 16.5. The molecule has 4 atom stereocenters. The number of aryl methyl sites for hydroxylation is 1. The van der Waals surface area contributed by atoms with Gasteiger partial charge in [0.25, 0.3) is 0 Å². The number of hydrogen-bond acceptors (Lipinski definition) is 1. The van der Waals surface area contributed by atoms with Gasteiger partial charge in [0.2, 0.25) is 0 Å². The van der Waals surface area contributed by atoms with Crippen molar-refractivity contribution in [1.29, 1.82) is 0 Å². The molecule has 3 rings (SSSR count). The lowest BCUT2D eigenvalue weighted by atomic mass is 9.76. The zero-order valence-corrected chi connectivity index (χ0v) is 16.5. The van der Waals surface area contributed by atoms with Gasteiger partial charge in [-0.05, 0) is 55.8 Å². The molecule has 146 valence electrons. The highest BCUT2D eigenvalue weighted by Gasteiger charge is 2.42. The lowest BCUT2D eigenvalue weighted by Crippen LogP contribution is -2.38. The average Bonchev–Trinajstić information content (AvgIpc) is 2.72. The van der Waals surface area contributed by atoms with E-state index in [0.29, 0.717) is 12.5 Å². The van der Waals surface area contributed by atoms with Crippen molar-refractivity contribution in [3.63, 3.8) is 0 Å². The fourth-order valence-corrected chi connectivity index (χ4v) is 4.01. The van der Waals surface area contributed by atoms with Crippen LogP contribution in [-0.4, -0.2) is 36.9 Å². The average molecular weight is 372 g/mol. The van der Waals surface area contributed by atoms with Crippen LogP contribution in [0.25, 0.3) is 0 Å². The molecule has 1 aliphatic rings. The largest absolute Gasteiger partial charge is 0.303 e. The molecular weight excluding hydrogens is 340 g/mol. The molecular formula is C24H31F2N. The van der Waals surface area contributed by atoms with Gasteiger partial charge in [-0.1, -0.05) is 61.5 Å². The normalized spacial score (nSPS) is 23.2. The van der Waals surface area contributed by atoms with E-state index < -0.39 is 12.3 Å². The first-order valence-electron chi connectivity index (χ1n) is 10.2. The fraction of sp³-hybridized carbons (Fsp3) is 0.500. The van der Waals surface area contributed by atoms with Gasteiger partial charge in [0.1, 0.15) is 12.3 Å². The van der Waals surface area contributed by atoms with E-state index in [-0.39, 0.29) is 5.92 Å². The summed E-state index contributed by atoms with van der Waals surface area (Å²) in [5.74, 6) is -0.249. The van der Waals surface area contributed by atoms with Crippen LogP contribution in [0.5, 0.6) is 0 Å². The summed E-state index contributed by atoms with van der Waals surface area (Å²) in [4.78, 5) is 2.46. The van der Waals surface area contributed by atoms with Gasteiger partial charge in [0.15, 0.2) is 0 Å². The minimum atomic E-state index is -1.32. The topological polar surface area (TPSA) is 3.24 Å². The summed E-state index contributed by atoms with van der Waals surface area (Å²) in [5.41, 5.74) is 3.60. The lowest BCUT2D eigenvalue weighted by molar-refractivity contribution is 0.0428. The second-order valence-electron chi connectivity index (χ2n) is 7.86. The molecule has 0 radical (unpaired) electrons. The van der Waals surface area contributed by atoms with E-state index in [1.807, 2.05) is 12.1 Å². The van der Waals surface area contributed by atoms with Crippen LogP contribution >= 0.6 is 0 Å². The molecule has 0 N–H and O–H groups in total. The van der Waals surface area contributed by atoms with Crippen LogP contribution < -0.4 is 0 Å². The number of alkyl halides is 2. The summed E-state index contributed by atoms with van der Waals surface area (Å²) in [7, 11) is 2.21. The standard InChI is InChI=1S/C24H31F2N/c1-3-21(27(2)16-15-18-7-5-4-6-8-18)14-11-19-9-12-20(13-10-19)22-17-23(25)24(22)26/h4-10,12-13,21-24H,3,11,14-17H2,1-2H3. The molecule has 0 amide bonds. The number of likely N-dealkylation sites (N-methyl/N-ethyl adjacent to an activating group) is 1. The highest BCUT2D eigenvalue weighted by atomic mass is 19.2. The second-order valence-corrected chi connectivity index (χ2v) is 7.86. The first-order chi connectivity index (χ1) is 13.1. The Bertz CT molecular complexity index is 685. The van der Waals surface area contributed by atoms with Gasteiger partial charge in [-0.2, -0.15) is 0 Å². The minimum absolute atomic E-state index is 0.249. The van der Waals surface area contributed by atoms with E-state index in [9.17, 15) is 8.78 Å². The summed E-state index contributed by atoms with van der Waals surface area (Å²) in [5, 5.41) is 0. The zero-order chi connectivity index (χ0) is 19.2. The lowest BCUT2D eigenvalue weighted by Gasteiger charge is -2.34. The molecule has 0 bridgehead atoms. The summed E-state index contributed by atoms with van der Waals surface area (Å²) < 4.78 is 26.6. The third-order valence-corrected chi connectivity index (χ3v) is 6.07. The minimum Gasteiger partial charge on any atom is -0.303 e. The van der Waals surface area contributed by atoms with Crippen LogP contribution in [0.3, 0.4) is 0 Å². The summed E-state index contributed by atoms with van der Waals surface area (Å²) >= 11 is 0. The third kappa shape index (κ3) is 5.16. The first-order valence-corrected chi connectivity index (χ1v) is 10.2. The highest BCUT2D eigenvalue weighted by molar-refractivity contribution is 5.29. The molecule has 1 aliphatic carbocycles. The van der Waals surface area contributed by atoms with Crippen LogP contribution in [0.15, 0.2) is 54.6 Å². The summed E-state index contributed by atoms with van der Waals surface area (Å²) in [6, 6.07) is 19.3. The van der Waals surface area contributed by atoms with E-state index in [0.717, 1.165) is 37.8 Å². The van der Waals surface area contributed by atoms with E-state index in [1.54, 1.807) is 0 Å². The van der Waals surface area contributed by atoms with Crippen molar-refractivity contribution in [2.24, 2.45) is 0 Å². The molecule has 2 aromatic carbocycles. The van der Waals surface area contributed by atoms with Crippen LogP contribution in [-0.2, 0) is 12.8 Å². The van der Waals surface area contributed by atoms with Crippen molar-refractivity contribution in [3.05, 3.63) is 71.3 Å². The predicted molar refractivity (Wildman–Crippen MR) is 109 cm³/mol. The van der Waals surface area contributed by atoms with E-state index in [1.165, 1.54) is 11.1 Å². The van der Waals surface area contributed by atoms with Crippen LogP contribution in [0, 0.1) is 0 Å². The monoisotopic (exact) mass is 371 g/mol. The third-order valence-electron chi connectivity index (χ3n) is 6.07. The van der Waals surface area contributed by atoms with Gasteiger partial charge in [-0.3, -0.25) is 0 Å². The van der Waals surface area contributed by atoms with Crippen LogP contribution in [0.4, 0.5) is 8.78 Å². The molecule has 27 heavy (non-hydrogen) atoms. The number of benzene rings is 2. The molecule has 0 spiro atoms. The Labute approximate surface area is 162 Å². The van der Waals surface area contributed by atoms with Crippen molar-refractivity contribution in [1.82, 2.24) is 4.90 Å². The predicted octanol–water partition coefficient (Wildman–Crippen LogP) is 5.74. The van der Waals surface area contributed by atoms with Gasteiger partial charge >= 0.3 is 0 Å². The Morgan fingerprint density at radius 3 is 2.22 bits per heavy atom. The molecule has 4 unspecified atom stereocenters. The maximum atomic E-state index is 13.6. The van der Waals surface area contributed by atoms with Crippen LogP contribution in [0.2, 0.25) is 0 Å². The van der Waals surface area contributed by atoms with E-state index in [2.05, 4.69) is 61.3 Å². The fourth-order valence-electron chi connectivity index (χ4n) is 4.01. The molecule has 1 nitrogen and oxygen atoms in total. The highest BCUT2D eigenvalue weighted by Crippen LogP contribution is 2.41. The van der Waals surface area contributed by atoms with Gasteiger partial charge in [0.05, 0.1) is 0 Å². The Hall–Kier alpha value is -1.74. The molecule has 0 heterocycles. The summed E-state index contributed by atoms with van der Waals surface area (Å²) in [6.07, 6.45) is 2.07. The number of hydrogen-bond donors (Lipinski definition) is 0. The maximum absolute atomic E-state index is 13.6. The molecule has 1 saturated carbocycles. The number of nitrogens with zero attached hydrogens (tertiary/aromatic N) is 1. The van der Waals surface area contributed by atoms with E-state index >= 15 is 0 Å². The molecule has 1 fully saturated rings. The quantitative estimate of drug-likeness (QED) is 0.544. The van der Waals surface area contributed by atoms with Crippen molar-refractivity contribution in [3.8, 4) is 0 Å². The molecule has 0 aliphatic heterocycles. The Balaban J connectivity index is 1.47. The molecule has 0 aromatic heterocycles.